The number of anilines is 2. The molecule has 0 unspecified atom stereocenters. The van der Waals surface area contributed by atoms with Crippen molar-refractivity contribution < 1.29 is 10.9 Å². The first kappa shape index (κ1) is 25.5. The van der Waals surface area contributed by atoms with Crippen molar-refractivity contribution >= 4 is 33.9 Å². The number of nitriles is 1. The lowest BCUT2D eigenvalue weighted by Gasteiger charge is -2.24. The summed E-state index contributed by atoms with van der Waals surface area (Å²) in [5, 5.41) is 29.3. The molecule has 0 bridgehead atoms. The maximum atomic E-state index is 13.8. The van der Waals surface area contributed by atoms with Crippen LogP contribution in [-0.2, 0) is 0 Å². The van der Waals surface area contributed by atoms with Gasteiger partial charge >= 0.3 is 0 Å². The fourth-order valence-corrected chi connectivity index (χ4v) is 5.12. The summed E-state index contributed by atoms with van der Waals surface area (Å²) >= 11 is 6.75. The van der Waals surface area contributed by atoms with Crippen LogP contribution in [0.4, 0.5) is 15.8 Å². The predicted octanol–water partition coefficient (Wildman–Crippen LogP) is 5.31. The normalized spacial score (nSPS) is 17.2. The number of aliphatic hydroxyl groups excluding tert-OH is 1. The number of halogens is 2. The second kappa shape index (κ2) is 11.6. The fourth-order valence-electron chi connectivity index (χ4n) is 4.85. The number of benzene rings is 2. The van der Waals surface area contributed by atoms with E-state index in [2.05, 4.69) is 37.6 Å². The number of rotatable bonds is 10. The van der Waals surface area contributed by atoms with Crippen LogP contribution in [0.5, 0.6) is 0 Å². The maximum absolute atomic E-state index is 13.8. The van der Waals surface area contributed by atoms with E-state index in [1.165, 1.54) is 24.5 Å². The highest BCUT2D eigenvalue weighted by Crippen LogP contribution is 2.38. The van der Waals surface area contributed by atoms with Crippen molar-refractivity contribution in [3.8, 4) is 6.07 Å². The van der Waals surface area contributed by atoms with Gasteiger partial charge in [-0.15, -0.1) is 5.53 Å². The minimum atomic E-state index is -1.62. The van der Waals surface area contributed by atoms with Crippen molar-refractivity contribution in [3.05, 3.63) is 107 Å². The Balaban J connectivity index is 1.44. The van der Waals surface area contributed by atoms with Crippen molar-refractivity contribution in [2.45, 2.75) is 37.4 Å². The molecule has 41 heavy (non-hydrogen) atoms. The summed E-state index contributed by atoms with van der Waals surface area (Å²) in [5.74, 6) is -0.650. The van der Waals surface area contributed by atoms with Crippen LogP contribution in [-0.4, -0.2) is 32.7 Å². The van der Waals surface area contributed by atoms with Crippen LogP contribution in [0, 0.1) is 17.3 Å². The molecule has 3 heterocycles. The summed E-state index contributed by atoms with van der Waals surface area (Å²) in [6, 6.07) is 16.4. The van der Waals surface area contributed by atoms with Crippen LogP contribution >= 0.6 is 11.6 Å². The summed E-state index contributed by atoms with van der Waals surface area (Å²) < 4.78 is 23.3. The van der Waals surface area contributed by atoms with E-state index >= 15 is 0 Å². The summed E-state index contributed by atoms with van der Waals surface area (Å²) in [6.07, 6.45) is 7.10. The van der Waals surface area contributed by atoms with Gasteiger partial charge in [0.25, 0.3) is 0 Å². The van der Waals surface area contributed by atoms with E-state index in [4.69, 9.17) is 11.6 Å². The molecular weight excluding hydrogens is 543 g/mol. The van der Waals surface area contributed by atoms with Gasteiger partial charge in [-0.05, 0) is 48.6 Å². The van der Waals surface area contributed by atoms with E-state index in [9.17, 15) is 16.1 Å². The molecule has 0 saturated heterocycles. The minimum Gasteiger partial charge on any atom is -0.396 e. The lowest BCUT2D eigenvalue weighted by atomic mass is 10.0. The molecule has 0 spiro atoms. The van der Waals surface area contributed by atoms with Crippen LogP contribution in [0.3, 0.4) is 0 Å². The average molecular weight is 572 g/mol. The highest BCUT2D eigenvalue weighted by Gasteiger charge is 2.32. The molecule has 2 aromatic heterocycles. The number of aromatic nitrogens is 2. The third-order valence-electron chi connectivity index (χ3n) is 7.07. The molecule has 1 fully saturated rings. The fraction of sp³-hybridized carbons (Fsp3) is 0.233. The molecular formula is C30H28ClFN8O. The van der Waals surface area contributed by atoms with Gasteiger partial charge in [0.15, 0.2) is 0 Å². The molecule has 2 aliphatic rings. The third-order valence-corrected chi connectivity index (χ3v) is 7.35. The summed E-state index contributed by atoms with van der Waals surface area (Å²) in [4.78, 5) is 8.24. The second-order valence-electron chi connectivity index (χ2n) is 9.92. The smallest absolute Gasteiger partial charge is 0.212 e. The van der Waals surface area contributed by atoms with Gasteiger partial charge in [0, 0.05) is 42.3 Å². The molecule has 208 valence electrons. The first-order valence-corrected chi connectivity index (χ1v) is 13.6. The Kier molecular flexibility index (Phi) is 7.22. The molecule has 2 aromatic carbocycles. The highest BCUT2D eigenvalue weighted by atomic mass is 35.5. The summed E-state index contributed by atoms with van der Waals surface area (Å²) in [7, 11) is 0. The number of nitrogens with one attached hydrogen (secondary N) is 4. The Labute approximate surface area is 243 Å². The molecule has 1 aliphatic heterocycles. The van der Waals surface area contributed by atoms with E-state index in [1.807, 2.05) is 41.5 Å². The lowest BCUT2D eigenvalue weighted by Crippen LogP contribution is -2.38. The number of hydrogen-bond donors (Lipinski definition) is 5. The van der Waals surface area contributed by atoms with Gasteiger partial charge in [0.2, 0.25) is 5.95 Å². The Morgan fingerprint density at radius 1 is 1.15 bits per heavy atom. The zero-order valence-corrected chi connectivity index (χ0v) is 22.7. The Hall–Kier alpha value is -4.43. The zero-order chi connectivity index (χ0) is 29.3. The monoisotopic (exact) mass is 571 g/mol. The van der Waals surface area contributed by atoms with Crippen LogP contribution in [0.15, 0.2) is 78.9 Å². The second-order valence-corrected chi connectivity index (χ2v) is 10.3. The molecule has 1 saturated carbocycles. The van der Waals surface area contributed by atoms with E-state index in [0.717, 1.165) is 18.4 Å². The molecule has 5 N–H and O–H groups in total. The maximum Gasteiger partial charge on any atom is 0.212 e. The van der Waals surface area contributed by atoms with E-state index < -0.39 is 12.0 Å². The van der Waals surface area contributed by atoms with E-state index in [1.54, 1.807) is 12.1 Å². The number of fused-ring (bicyclic) bond motifs is 1. The average Bonchev–Trinajstić information content (AvgIpc) is 3.73. The van der Waals surface area contributed by atoms with E-state index in [0.29, 0.717) is 56.6 Å². The van der Waals surface area contributed by atoms with Crippen LogP contribution in [0.1, 0.15) is 49.4 Å². The molecule has 0 amide bonds. The number of hydrogen-bond acceptors (Lipinski definition) is 9. The third kappa shape index (κ3) is 5.74. The van der Waals surface area contributed by atoms with E-state index in [-0.39, 0.29) is 12.6 Å². The number of hydrazine groups is 2. The quantitative estimate of drug-likeness (QED) is 0.161. The van der Waals surface area contributed by atoms with Crippen molar-refractivity contribution in [2.75, 3.05) is 17.2 Å². The Morgan fingerprint density at radius 2 is 1.98 bits per heavy atom. The van der Waals surface area contributed by atoms with Crippen molar-refractivity contribution in [1.29, 1.82) is 5.26 Å². The molecule has 6 rings (SSSR count). The van der Waals surface area contributed by atoms with Crippen LogP contribution in [0.25, 0.3) is 10.9 Å². The molecule has 2 atom stereocenters. The SMILES string of the molecule is [2H][C@@](Nc1cc(Cl)c2ncc(C#N)c(N[C@H](CCO)c3ccccc3)c2c1)(C1=CN(C2CC2)NN1)c1ccc(F)nc1. The van der Waals surface area contributed by atoms with Gasteiger partial charge in [0.1, 0.15) is 6.07 Å². The molecule has 11 heteroatoms. The molecule has 1 aliphatic carbocycles. The Bertz CT molecular complexity index is 1680. The standard InChI is InChI=1S/C30H28ClFN8O/c31-24-13-21(36-29(19-6-9-27(32)34-15-19)26-17-40(39-38-26)22-7-8-22)12-23-28(20(14-33)16-35-30(23)24)37-25(10-11-41)18-4-2-1-3-5-18/h1-6,9,12-13,15-17,22,25,29,36,38-39,41H,7-8,10-11H2,(H,35,37)/t25-,29+/m1/s1/i29D. The topological polar surface area (TPSA) is 121 Å². The van der Waals surface area contributed by atoms with Crippen molar-refractivity contribution in [2.24, 2.45) is 0 Å². The first-order valence-electron chi connectivity index (χ1n) is 13.8. The lowest BCUT2D eigenvalue weighted by molar-refractivity contribution is 0.260. The summed E-state index contributed by atoms with van der Waals surface area (Å²) in [6.45, 7) is -0.0634. The Morgan fingerprint density at radius 3 is 2.68 bits per heavy atom. The highest BCUT2D eigenvalue weighted by molar-refractivity contribution is 6.35. The van der Waals surface area contributed by atoms with Crippen molar-refractivity contribution in [3.63, 3.8) is 0 Å². The van der Waals surface area contributed by atoms with Crippen molar-refractivity contribution in [1.82, 2.24) is 25.9 Å². The van der Waals surface area contributed by atoms with Crippen LogP contribution < -0.4 is 21.6 Å². The van der Waals surface area contributed by atoms with Gasteiger partial charge < -0.3 is 21.2 Å². The van der Waals surface area contributed by atoms with Gasteiger partial charge in [-0.25, -0.2) is 4.98 Å². The van der Waals surface area contributed by atoms with Gasteiger partial charge in [-0.2, -0.15) is 9.65 Å². The van der Waals surface area contributed by atoms with Gasteiger partial charge in [0.05, 0.1) is 40.9 Å². The predicted molar refractivity (Wildman–Crippen MR) is 156 cm³/mol. The first-order chi connectivity index (χ1) is 20.4. The summed E-state index contributed by atoms with van der Waals surface area (Å²) in [5.41, 5.74) is 9.75. The van der Waals surface area contributed by atoms with Gasteiger partial charge in [-0.3, -0.25) is 9.99 Å². The number of aliphatic hydroxyl groups is 1. The van der Waals surface area contributed by atoms with Crippen LogP contribution in [0.2, 0.25) is 5.02 Å². The number of pyridine rings is 2. The largest absolute Gasteiger partial charge is 0.396 e. The zero-order valence-electron chi connectivity index (χ0n) is 22.9. The molecule has 9 nitrogen and oxygen atoms in total. The molecule has 4 aromatic rings. The number of nitrogens with zero attached hydrogens (tertiary/aromatic N) is 4. The van der Waals surface area contributed by atoms with Gasteiger partial charge in [-0.1, -0.05) is 48.0 Å². The molecule has 0 radical (unpaired) electrons. The minimum absolute atomic E-state index is 0.0634.